The predicted octanol–water partition coefficient (Wildman–Crippen LogP) is 2.38. The maximum absolute atomic E-state index is 7.45. The van der Waals surface area contributed by atoms with Crippen LogP contribution in [0.3, 0.4) is 0 Å². The minimum atomic E-state index is 0.0296. The zero-order valence-corrected chi connectivity index (χ0v) is 11.2. The van der Waals surface area contributed by atoms with Crippen LogP contribution in [-0.2, 0) is 0 Å². The highest BCUT2D eigenvalue weighted by atomic mass is 15.1. The lowest BCUT2D eigenvalue weighted by molar-refractivity contribution is 0.321. The summed E-state index contributed by atoms with van der Waals surface area (Å²) in [5.41, 5.74) is 7.15. The van der Waals surface area contributed by atoms with E-state index >= 15 is 0 Å². The number of pyridine rings is 1. The standard InChI is InChI=1S/C14H22N4/c1-10-5-3-4-6-13(10)18(2)11-7-8-17-12(9-11)14(15)16/h7-10,13H,3-6H2,1-2H3,(H3,15,16). The monoisotopic (exact) mass is 246 g/mol. The van der Waals surface area contributed by atoms with Crippen molar-refractivity contribution in [2.45, 2.75) is 38.6 Å². The SMILES string of the molecule is CC1CCCCC1N(C)c1ccnc(C(=N)N)c1. The molecule has 0 aromatic carbocycles. The molecule has 2 rings (SSSR count). The molecule has 1 fully saturated rings. The van der Waals surface area contributed by atoms with E-state index in [0.29, 0.717) is 11.7 Å². The van der Waals surface area contributed by atoms with Crippen LogP contribution in [0.4, 0.5) is 5.69 Å². The molecule has 1 heterocycles. The molecule has 0 bridgehead atoms. The predicted molar refractivity (Wildman–Crippen MR) is 75.1 cm³/mol. The van der Waals surface area contributed by atoms with Crippen molar-refractivity contribution < 1.29 is 0 Å². The molecule has 0 radical (unpaired) electrons. The van der Waals surface area contributed by atoms with Gasteiger partial charge in [-0.05, 0) is 30.9 Å². The second kappa shape index (κ2) is 5.38. The number of nitrogens with two attached hydrogens (primary N) is 1. The van der Waals surface area contributed by atoms with Gasteiger partial charge < -0.3 is 10.6 Å². The van der Waals surface area contributed by atoms with E-state index in [9.17, 15) is 0 Å². The van der Waals surface area contributed by atoms with Crippen molar-refractivity contribution in [2.24, 2.45) is 11.7 Å². The first kappa shape index (κ1) is 12.9. The van der Waals surface area contributed by atoms with Crippen LogP contribution in [0.2, 0.25) is 0 Å². The molecule has 1 aromatic rings. The Hall–Kier alpha value is -1.58. The summed E-state index contributed by atoms with van der Waals surface area (Å²) in [6, 6.07) is 4.48. The normalized spacial score (nSPS) is 23.7. The first-order chi connectivity index (χ1) is 8.59. The van der Waals surface area contributed by atoms with Gasteiger partial charge in [0.2, 0.25) is 0 Å². The lowest BCUT2D eigenvalue weighted by atomic mass is 9.85. The summed E-state index contributed by atoms with van der Waals surface area (Å²) < 4.78 is 0. The van der Waals surface area contributed by atoms with Gasteiger partial charge in [0.25, 0.3) is 0 Å². The van der Waals surface area contributed by atoms with E-state index in [-0.39, 0.29) is 5.84 Å². The Balaban J connectivity index is 2.19. The van der Waals surface area contributed by atoms with E-state index < -0.39 is 0 Å². The first-order valence-corrected chi connectivity index (χ1v) is 6.63. The summed E-state index contributed by atoms with van der Waals surface area (Å²) in [6.07, 6.45) is 6.94. The van der Waals surface area contributed by atoms with Crippen molar-refractivity contribution in [2.75, 3.05) is 11.9 Å². The molecule has 2 unspecified atom stereocenters. The molecule has 1 aliphatic carbocycles. The van der Waals surface area contributed by atoms with Crippen LogP contribution in [0, 0.1) is 11.3 Å². The number of rotatable bonds is 3. The first-order valence-electron chi connectivity index (χ1n) is 6.63. The van der Waals surface area contributed by atoms with Crippen LogP contribution in [0.25, 0.3) is 0 Å². The van der Waals surface area contributed by atoms with Gasteiger partial charge in [0.1, 0.15) is 11.5 Å². The van der Waals surface area contributed by atoms with Crippen LogP contribution in [-0.4, -0.2) is 23.9 Å². The average Bonchev–Trinajstić information content (AvgIpc) is 2.38. The lowest BCUT2D eigenvalue weighted by Gasteiger charge is -2.37. The van der Waals surface area contributed by atoms with E-state index in [1.165, 1.54) is 25.7 Å². The smallest absolute Gasteiger partial charge is 0.141 e. The summed E-state index contributed by atoms with van der Waals surface area (Å²) in [7, 11) is 2.13. The van der Waals surface area contributed by atoms with Crippen LogP contribution in [0.1, 0.15) is 38.3 Å². The third kappa shape index (κ3) is 2.63. The summed E-state index contributed by atoms with van der Waals surface area (Å²) in [4.78, 5) is 6.43. The molecule has 3 N–H and O–H groups in total. The Kier molecular flexibility index (Phi) is 3.84. The van der Waals surface area contributed by atoms with Gasteiger partial charge in [-0.25, -0.2) is 0 Å². The molecule has 0 spiro atoms. The molecule has 18 heavy (non-hydrogen) atoms. The highest BCUT2D eigenvalue weighted by Crippen LogP contribution is 2.30. The largest absolute Gasteiger partial charge is 0.382 e. The molecule has 2 atom stereocenters. The fraction of sp³-hybridized carbons (Fsp3) is 0.571. The van der Waals surface area contributed by atoms with Crippen molar-refractivity contribution in [1.29, 1.82) is 5.41 Å². The van der Waals surface area contributed by atoms with Crippen LogP contribution in [0.5, 0.6) is 0 Å². The van der Waals surface area contributed by atoms with Crippen molar-refractivity contribution in [3.8, 4) is 0 Å². The third-order valence-corrected chi connectivity index (χ3v) is 3.99. The third-order valence-electron chi connectivity index (χ3n) is 3.99. The molecule has 1 aliphatic rings. The Morgan fingerprint density at radius 3 is 2.83 bits per heavy atom. The molecule has 1 saturated carbocycles. The summed E-state index contributed by atoms with van der Waals surface area (Å²) in [5, 5.41) is 7.45. The van der Waals surface area contributed by atoms with Crippen LogP contribution in [0.15, 0.2) is 18.3 Å². The zero-order chi connectivity index (χ0) is 13.1. The molecule has 4 nitrogen and oxygen atoms in total. The number of aromatic nitrogens is 1. The van der Waals surface area contributed by atoms with E-state index in [1.807, 2.05) is 12.1 Å². The van der Waals surface area contributed by atoms with E-state index in [2.05, 4.69) is 23.9 Å². The summed E-state index contributed by atoms with van der Waals surface area (Å²) in [6.45, 7) is 2.33. The average molecular weight is 246 g/mol. The van der Waals surface area contributed by atoms with Gasteiger partial charge >= 0.3 is 0 Å². The molecule has 0 amide bonds. The molecular formula is C14H22N4. The number of nitrogen functional groups attached to an aromatic ring is 1. The molecule has 1 aromatic heterocycles. The lowest BCUT2D eigenvalue weighted by Crippen LogP contribution is -2.39. The Morgan fingerprint density at radius 2 is 2.17 bits per heavy atom. The second-order valence-electron chi connectivity index (χ2n) is 5.25. The van der Waals surface area contributed by atoms with E-state index in [0.717, 1.165) is 11.6 Å². The minimum absolute atomic E-state index is 0.0296. The van der Waals surface area contributed by atoms with E-state index in [1.54, 1.807) is 6.20 Å². The highest BCUT2D eigenvalue weighted by Gasteiger charge is 2.25. The van der Waals surface area contributed by atoms with Crippen molar-refractivity contribution >= 4 is 11.5 Å². The number of nitrogens with one attached hydrogen (secondary N) is 1. The topological polar surface area (TPSA) is 66.0 Å². The fourth-order valence-electron chi connectivity index (χ4n) is 2.85. The second-order valence-corrected chi connectivity index (χ2v) is 5.25. The Bertz CT molecular complexity index is 430. The van der Waals surface area contributed by atoms with Crippen molar-refractivity contribution in [3.63, 3.8) is 0 Å². The zero-order valence-electron chi connectivity index (χ0n) is 11.2. The van der Waals surface area contributed by atoms with Gasteiger partial charge in [0.15, 0.2) is 0 Å². The quantitative estimate of drug-likeness (QED) is 0.635. The fourth-order valence-corrected chi connectivity index (χ4v) is 2.85. The van der Waals surface area contributed by atoms with Gasteiger partial charge in [-0.2, -0.15) is 0 Å². The van der Waals surface area contributed by atoms with Crippen molar-refractivity contribution in [1.82, 2.24) is 4.98 Å². The number of amidine groups is 1. The van der Waals surface area contributed by atoms with Gasteiger partial charge in [0.05, 0.1) is 0 Å². The van der Waals surface area contributed by atoms with Crippen molar-refractivity contribution in [3.05, 3.63) is 24.0 Å². The molecule has 4 heteroatoms. The van der Waals surface area contributed by atoms with Crippen LogP contribution >= 0.6 is 0 Å². The number of hydrogen-bond acceptors (Lipinski definition) is 3. The van der Waals surface area contributed by atoms with Gasteiger partial charge in [-0.15, -0.1) is 0 Å². The molecule has 0 saturated heterocycles. The maximum Gasteiger partial charge on any atom is 0.141 e. The maximum atomic E-state index is 7.45. The minimum Gasteiger partial charge on any atom is -0.382 e. The Morgan fingerprint density at radius 1 is 1.44 bits per heavy atom. The van der Waals surface area contributed by atoms with Gasteiger partial charge in [0, 0.05) is 25.0 Å². The molecule has 98 valence electrons. The summed E-state index contributed by atoms with van der Waals surface area (Å²) >= 11 is 0. The van der Waals surface area contributed by atoms with Crippen LogP contribution < -0.4 is 10.6 Å². The van der Waals surface area contributed by atoms with Gasteiger partial charge in [-0.3, -0.25) is 10.4 Å². The number of nitrogens with zero attached hydrogens (tertiary/aromatic N) is 2. The molecular weight excluding hydrogens is 224 g/mol. The molecule has 0 aliphatic heterocycles. The highest BCUT2D eigenvalue weighted by molar-refractivity contribution is 5.93. The summed E-state index contributed by atoms with van der Waals surface area (Å²) in [5.74, 6) is 0.750. The van der Waals surface area contributed by atoms with Gasteiger partial charge in [-0.1, -0.05) is 19.8 Å². The number of hydrogen-bond donors (Lipinski definition) is 2. The number of anilines is 1. The Labute approximate surface area is 109 Å². The van der Waals surface area contributed by atoms with E-state index in [4.69, 9.17) is 11.1 Å².